The normalized spacial score (nSPS) is 35.9. The number of carbonyl (C=O) groups excluding carboxylic acids is 1. The van der Waals surface area contributed by atoms with E-state index in [4.69, 9.17) is 9.84 Å². The number of carbonyl (C=O) groups is 2. The van der Waals surface area contributed by atoms with Crippen LogP contribution in [0, 0.1) is 17.3 Å². The molecule has 1 spiro atoms. The zero-order chi connectivity index (χ0) is 14.3. The van der Waals surface area contributed by atoms with Crippen molar-refractivity contribution in [1.29, 1.82) is 0 Å². The molecule has 1 atom stereocenters. The smallest absolute Gasteiger partial charge is 0.306 e. The first-order valence-corrected chi connectivity index (χ1v) is 6.61. The summed E-state index contributed by atoms with van der Waals surface area (Å²) in [5.41, 5.74) is -1.16. The van der Waals surface area contributed by atoms with Crippen LogP contribution in [0.15, 0.2) is 0 Å². The molecule has 2 saturated carbocycles. The first-order chi connectivity index (χ1) is 8.85. The quantitative estimate of drug-likeness (QED) is 0.801. The van der Waals surface area contributed by atoms with Crippen LogP contribution in [0.1, 0.15) is 39.0 Å². The van der Waals surface area contributed by atoms with E-state index in [0.29, 0.717) is 0 Å². The van der Waals surface area contributed by atoms with E-state index in [-0.39, 0.29) is 38.7 Å². The Balaban J connectivity index is 1.98. The molecule has 2 rings (SSSR count). The number of esters is 1. The molecule has 0 aliphatic heterocycles. The molecule has 108 valence electrons. The fraction of sp³-hybridized carbons (Fsp3) is 0.846. The molecule has 0 aromatic heterocycles. The third-order valence-electron chi connectivity index (χ3n) is 4.59. The van der Waals surface area contributed by atoms with Crippen molar-refractivity contribution < 1.29 is 28.2 Å². The van der Waals surface area contributed by atoms with Crippen LogP contribution in [-0.2, 0) is 14.3 Å². The SMILES string of the molecule is CCOC(=O)CC1C(F)(F)C12CCC(C(=O)O)CC2. The van der Waals surface area contributed by atoms with Crippen LogP contribution in [0.4, 0.5) is 8.78 Å². The van der Waals surface area contributed by atoms with Gasteiger partial charge in [-0.25, -0.2) is 8.78 Å². The minimum absolute atomic E-state index is 0.182. The molecule has 0 amide bonds. The fourth-order valence-electron chi connectivity index (χ4n) is 3.36. The van der Waals surface area contributed by atoms with Crippen molar-refractivity contribution in [3.63, 3.8) is 0 Å². The maximum atomic E-state index is 13.9. The Morgan fingerprint density at radius 3 is 2.37 bits per heavy atom. The topological polar surface area (TPSA) is 63.6 Å². The summed E-state index contributed by atoms with van der Waals surface area (Å²) in [5.74, 6) is -5.87. The van der Waals surface area contributed by atoms with Gasteiger partial charge in [-0.3, -0.25) is 9.59 Å². The molecule has 19 heavy (non-hydrogen) atoms. The largest absolute Gasteiger partial charge is 0.481 e. The average molecular weight is 276 g/mol. The highest BCUT2D eigenvalue weighted by atomic mass is 19.3. The van der Waals surface area contributed by atoms with Crippen LogP contribution in [0.3, 0.4) is 0 Å². The second-order valence-corrected chi connectivity index (χ2v) is 5.45. The van der Waals surface area contributed by atoms with Crippen molar-refractivity contribution >= 4 is 11.9 Å². The Hall–Kier alpha value is -1.20. The number of carboxylic acid groups (broad SMARTS) is 1. The summed E-state index contributed by atoms with van der Waals surface area (Å²) in [7, 11) is 0. The van der Waals surface area contributed by atoms with Gasteiger partial charge in [0.15, 0.2) is 0 Å². The Bertz CT molecular complexity index is 386. The van der Waals surface area contributed by atoms with Gasteiger partial charge in [0, 0.05) is 11.3 Å². The number of alkyl halides is 2. The molecule has 0 aromatic carbocycles. The van der Waals surface area contributed by atoms with E-state index >= 15 is 0 Å². The maximum absolute atomic E-state index is 13.9. The van der Waals surface area contributed by atoms with Crippen LogP contribution in [-0.4, -0.2) is 29.6 Å². The van der Waals surface area contributed by atoms with E-state index in [2.05, 4.69) is 0 Å². The molecule has 2 fully saturated rings. The number of carboxylic acids is 1. The Morgan fingerprint density at radius 2 is 1.89 bits per heavy atom. The molecule has 0 heterocycles. The summed E-state index contributed by atoms with van der Waals surface area (Å²) in [6, 6.07) is 0. The van der Waals surface area contributed by atoms with Crippen molar-refractivity contribution in [2.45, 2.75) is 45.0 Å². The standard InChI is InChI=1S/C13H18F2O4/c1-2-19-10(16)7-9-12(13(9,14)15)5-3-8(4-6-12)11(17)18/h8-9H,2-7H2,1H3,(H,17,18). The lowest BCUT2D eigenvalue weighted by Gasteiger charge is -2.26. The van der Waals surface area contributed by atoms with E-state index < -0.39 is 35.1 Å². The van der Waals surface area contributed by atoms with Gasteiger partial charge in [-0.05, 0) is 32.6 Å². The monoisotopic (exact) mass is 276 g/mol. The van der Waals surface area contributed by atoms with Gasteiger partial charge in [0.1, 0.15) is 0 Å². The predicted molar refractivity (Wildman–Crippen MR) is 61.7 cm³/mol. The molecule has 1 unspecified atom stereocenters. The molecule has 0 saturated heterocycles. The van der Waals surface area contributed by atoms with E-state index in [9.17, 15) is 18.4 Å². The van der Waals surface area contributed by atoms with Crippen molar-refractivity contribution in [1.82, 2.24) is 0 Å². The zero-order valence-corrected chi connectivity index (χ0v) is 10.8. The van der Waals surface area contributed by atoms with E-state index in [1.54, 1.807) is 6.92 Å². The lowest BCUT2D eigenvalue weighted by atomic mass is 9.78. The molecule has 1 N–H and O–H groups in total. The molecule has 2 aliphatic carbocycles. The summed E-state index contributed by atoms with van der Waals surface area (Å²) in [4.78, 5) is 22.2. The van der Waals surface area contributed by atoms with Gasteiger partial charge in [0.05, 0.1) is 18.9 Å². The molecule has 0 bridgehead atoms. The predicted octanol–water partition coefficient (Wildman–Crippen LogP) is 2.47. The summed E-state index contributed by atoms with van der Waals surface area (Å²) in [5, 5.41) is 8.88. The number of halogens is 2. The molecular weight excluding hydrogens is 258 g/mol. The molecule has 2 aliphatic rings. The number of hydrogen-bond acceptors (Lipinski definition) is 3. The minimum Gasteiger partial charge on any atom is -0.481 e. The third kappa shape index (κ3) is 2.21. The first kappa shape index (κ1) is 14.2. The van der Waals surface area contributed by atoms with Gasteiger partial charge < -0.3 is 9.84 Å². The van der Waals surface area contributed by atoms with E-state index in [0.717, 1.165) is 0 Å². The highest BCUT2D eigenvalue weighted by molar-refractivity contribution is 5.71. The number of aliphatic carboxylic acids is 1. The summed E-state index contributed by atoms with van der Waals surface area (Å²) < 4.78 is 32.5. The fourth-order valence-corrected chi connectivity index (χ4v) is 3.36. The van der Waals surface area contributed by atoms with Crippen LogP contribution < -0.4 is 0 Å². The molecule has 4 nitrogen and oxygen atoms in total. The molecular formula is C13H18F2O4. The maximum Gasteiger partial charge on any atom is 0.306 e. The van der Waals surface area contributed by atoms with Gasteiger partial charge in [-0.1, -0.05) is 0 Å². The highest BCUT2D eigenvalue weighted by Crippen LogP contribution is 2.73. The zero-order valence-electron chi connectivity index (χ0n) is 10.8. The minimum atomic E-state index is -2.86. The third-order valence-corrected chi connectivity index (χ3v) is 4.59. The number of rotatable bonds is 4. The van der Waals surface area contributed by atoms with Crippen LogP contribution in [0.25, 0.3) is 0 Å². The Kier molecular flexibility index (Phi) is 3.53. The Morgan fingerprint density at radius 1 is 1.32 bits per heavy atom. The van der Waals surface area contributed by atoms with Gasteiger partial charge in [0.2, 0.25) is 0 Å². The van der Waals surface area contributed by atoms with Gasteiger partial charge in [-0.15, -0.1) is 0 Å². The van der Waals surface area contributed by atoms with Crippen molar-refractivity contribution in [3.05, 3.63) is 0 Å². The van der Waals surface area contributed by atoms with Crippen molar-refractivity contribution in [2.75, 3.05) is 6.61 Å². The lowest BCUT2D eigenvalue weighted by Crippen LogP contribution is -2.25. The summed E-state index contributed by atoms with van der Waals surface area (Å²) in [6.07, 6.45) is 0.634. The van der Waals surface area contributed by atoms with Gasteiger partial charge >= 0.3 is 11.9 Å². The Labute approximate surface area is 110 Å². The van der Waals surface area contributed by atoms with Crippen LogP contribution in [0.2, 0.25) is 0 Å². The van der Waals surface area contributed by atoms with Crippen LogP contribution in [0.5, 0.6) is 0 Å². The average Bonchev–Trinajstić information content (AvgIpc) is 2.76. The highest BCUT2D eigenvalue weighted by Gasteiger charge is 2.79. The van der Waals surface area contributed by atoms with E-state index in [1.807, 2.05) is 0 Å². The van der Waals surface area contributed by atoms with Gasteiger partial charge in [-0.2, -0.15) is 0 Å². The van der Waals surface area contributed by atoms with Crippen molar-refractivity contribution in [2.24, 2.45) is 17.3 Å². The lowest BCUT2D eigenvalue weighted by molar-refractivity contribution is -0.145. The van der Waals surface area contributed by atoms with Gasteiger partial charge in [0.25, 0.3) is 5.92 Å². The van der Waals surface area contributed by atoms with E-state index in [1.165, 1.54) is 0 Å². The summed E-state index contributed by atoms with van der Waals surface area (Å²) >= 11 is 0. The molecule has 6 heteroatoms. The second-order valence-electron chi connectivity index (χ2n) is 5.45. The number of hydrogen-bond donors (Lipinski definition) is 1. The van der Waals surface area contributed by atoms with Crippen molar-refractivity contribution in [3.8, 4) is 0 Å². The van der Waals surface area contributed by atoms with Crippen LogP contribution >= 0.6 is 0 Å². The molecule has 0 radical (unpaired) electrons. The second kappa shape index (κ2) is 4.72. The first-order valence-electron chi connectivity index (χ1n) is 6.61. The molecule has 0 aromatic rings. The summed E-state index contributed by atoms with van der Waals surface area (Å²) in [6.45, 7) is 1.82. The number of ether oxygens (including phenoxy) is 1.